The summed E-state index contributed by atoms with van der Waals surface area (Å²) in [5.74, 6) is -0.920. The van der Waals surface area contributed by atoms with Gasteiger partial charge in [0.15, 0.2) is 11.5 Å². The van der Waals surface area contributed by atoms with Crippen LogP contribution < -0.4 is 25.4 Å². The second-order valence-electron chi connectivity index (χ2n) is 9.74. The average molecular weight is 552 g/mol. The molecule has 2 aromatic carbocycles. The summed E-state index contributed by atoms with van der Waals surface area (Å²) in [6.45, 7) is 4.19. The fourth-order valence-electron chi connectivity index (χ4n) is 4.74. The van der Waals surface area contributed by atoms with Gasteiger partial charge >= 0.3 is 6.29 Å². The van der Waals surface area contributed by atoms with Crippen LogP contribution in [-0.2, 0) is 6.54 Å². The molecule has 5 rings (SSSR count). The molecule has 1 aromatic heterocycles. The first-order valence-corrected chi connectivity index (χ1v) is 13.4. The number of piperidine rings is 1. The van der Waals surface area contributed by atoms with Crippen LogP contribution in [0, 0.1) is 0 Å². The smallest absolute Gasteiger partial charge is 0.395 e. The monoisotopic (exact) mass is 551 g/mol. The standard InChI is InChI=1S/C29H31F2N5O4/c30-29(31)39-25-10-9-21(18-26(25)40-29)35-27(37)22-7-2-3-8-23(22)34-19-20-11-13-32-24(17-20)28(38)33-12-6-16-36-14-4-1-5-15-36/h2-3,7-11,13,17-18,34H,1,4-6,12,14-16,19H2,(H,33,38)(H,35,37). The minimum atomic E-state index is -3.73. The zero-order valence-corrected chi connectivity index (χ0v) is 21.9. The number of aromatic nitrogens is 1. The van der Waals surface area contributed by atoms with Crippen molar-refractivity contribution in [3.05, 3.63) is 77.6 Å². The van der Waals surface area contributed by atoms with Gasteiger partial charge in [0.05, 0.1) is 5.56 Å². The van der Waals surface area contributed by atoms with E-state index in [9.17, 15) is 18.4 Å². The Morgan fingerprint density at radius 2 is 1.75 bits per heavy atom. The molecule has 1 saturated heterocycles. The second kappa shape index (κ2) is 12.3. The molecular weight excluding hydrogens is 520 g/mol. The van der Waals surface area contributed by atoms with Gasteiger partial charge in [-0.2, -0.15) is 0 Å². The highest BCUT2D eigenvalue weighted by Crippen LogP contribution is 2.42. The molecule has 0 saturated carbocycles. The number of anilines is 2. The molecule has 9 nitrogen and oxygen atoms in total. The lowest BCUT2D eigenvalue weighted by atomic mass is 10.1. The molecule has 40 heavy (non-hydrogen) atoms. The lowest BCUT2D eigenvalue weighted by Gasteiger charge is -2.26. The summed E-state index contributed by atoms with van der Waals surface area (Å²) >= 11 is 0. The van der Waals surface area contributed by atoms with Gasteiger partial charge in [0, 0.05) is 36.7 Å². The first kappa shape index (κ1) is 27.3. The van der Waals surface area contributed by atoms with Crippen molar-refractivity contribution in [2.45, 2.75) is 38.5 Å². The number of hydrogen-bond donors (Lipinski definition) is 3. The lowest BCUT2D eigenvalue weighted by Crippen LogP contribution is -2.33. The van der Waals surface area contributed by atoms with Crippen molar-refractivity contribution in [2.75, 3.05) is 36.8 Å². The highest BCUT2D eigenvalue weighted by molar-refractivity contribution is 6.08. The number of para-hydroxylation sites is 1. The Morgan fingerprint density at radius 1 is 0.950 bits per heavy atom. The third kappa shape index (κ3) is 7.03. The van der Waals surface area contributed by atoms with E-state index in [1.807, 2.05) is 0 Å². The van der Waals surface area contributed by atoms with E-state index in [-0.39, 0.29) is 23.1 Å². The number of rotatable bonds is 10. The lowest BCUT2D eigenvalue weighted by molar-refractivity contribution is -0.286. The Labute approximate surface area is 230 Å². The van der Waals surface area contributed by atoms with Crippen molar-refractivity contribution in [1.82, 2.24) is 15.2 Å². The van der Waals surface area contributed by atoms with Gasteiger partial charge in [-0.25, -0.2) is 0 Å². The molecule has 0 bridgehead atoms. The molecule has 0 radical (unpaired) electrons. The molecule has 0 aliphatic carbocycles. The number of likely N-dealkylation sites (tertiary alicyclic amines) is 1. The van der Waals surface area contributed by atoms with E-state index in [1.165, 1.54) is 37.5 Å². The number of ether oxygens (including phenoxy) is 2. The number of pyridine rings is 1. The Kier molecular flexibility index (Phi) is 8.40. The predicted molar refractivity (Wildman–Crippen MR) is 146 cm³/mol. The highest BCUT2D eigenvalue weighted by atomic mass is 19.3. The maximum Gasteiger partial charge on any atom is 0.586 e. The number of carbonyl (C=O) groups excluding carboxylic acids is 2. The third-order valence-electron chi connectivity index (χ3n) is 6.76. The number of nitrogens with zero attached hydrogens (tertiary/aromatic N) is 2. The molecule has 0 atom stereocenters. The summed E-state index contributed by atoms with van der Waals surface area (Å²) in [6, 6.07) is 14.5. The van der Waals surface area contributed by atoms with Gasteiger partial charge in [-0.1, -0.05) is 18.6 Å². The van der Waals surface area contributed by atoms with Gasteiger partial charge in [0.1, 0.15) is 5.69 Å². The minimum absolute atomic E-state index is 0.104. The minimum Gasteiger partial charge on any atom is -0.395 e. The van der Waals surface area contributed by atoms with Gasteiger partial charge in [-0.15, -0.1) is 8.78 Å². The van der Waals surface area contributed by atoms with Crippen LogP contribution in [0.3, 0.4) is 0 Å². The topological polar surface area (TPSA) is 105 Å². The van der Waals surface area contributed by atoms with E-state index in [1.54, 1.807) is 42.6 Å². The van der Waals surface area contributed by atoms with Crippen molar-refractivity contribution in [2.24, 2.45) is 0 Å². The molecular formula is C29H31F2N5O4. The fraction of sp³-hybridized carbons (Fsp3) is 0.345. The normalized spacial score (nSPS) is 15.8. The molecule has 2 amide bonds. The van der Waals surface area contributed by atoms with Gasteiger partial charge in [-0.3, -0.25) is 14.6 Å². The maximum atomic E-state index is 13.3. The zero-order chi connectivity index (χ0) is 28.0. The molecule has 2 aliphatic rings. The van der Waals surface area contributed by atoms with Crippen LogP contribution in [0.15, 0.2) is 60.8 Å². The van der Waals surface area contributed by atoms with Crippen molar-refractivity contribution in [3.8, 4) is 11.5 Å². The maximum absolute atomic E-state index is 13.3. The van der Waals surface area contributed by atoms with Gasteiger partial charge in [0.2, 0.25) is 0 Å². The van der Waals surface area contributed by atoms with E-state index in [4.69, 9.17) is 0 Å². The fourth-order valence-corrected chi connectivity index (χ4v) is 4.74. The first-order chi connectivity index (χ1) is 19.4. The van der Waals surface area contributed by atoms with Crippen molar-refractivity contribution in [1.29, 1.82) is 0 Å². The van der Waals surface area contributed by atoms with Crippen LogP contribution in [-0.4, -0.2) is 54.2 Å². The number of hydrogen-bond acceptors (Lipinski definition) is 7. The molecule has 0 unspecified atom stereocenters. The largest absolute Gasteiger partial charge is 0.586 e. The summed E-state index contributed by atoms with van der Waals surface area (Å²) in [7, 11) is 0. The number of alkyl halides is 2. The summed E-state index contributed by atoms with van der Waals surface area (Å²) in [6.07, 6.45) is 2.54. The number of amides is 2. The molecule has 210 valence electrons. The molecule has 11 heteroatoms. The quantitative estimate of drug-likeness (QED) is 0.309. The average Bonchev–Trinajstić information content (AvgIpc) is 3.28. The highest BCUT2D eigenvalue weighted by Gasteiger charge is 2.43. The number of halogens is 2. The third-order valence-corrected chi connectivity index (χ3v) is 6.76. The van der Waals surface area contributed by atoms with Crippen LogP contribution in [0.4, 0.5) is 20.2 Å². The van der Waals surface area contributed by atoms with Crippen LogP contribution in [0.25, 0.3) is 0 Å². The number of benzene rings is 2. The summed E-state index contributed by atoms with van der Waals surface area (Å²) < 4.78 is 35.5. The zero-order valence-electron chi connectivity index (χ0n) is 21.9. The van der Waals surface area contributed by atoms with Crippen LogP contribution in [0.2, 0.25) is 0 Å². The molecule has 3 heterocycles. The molecule has 3 N–H and O–H groups in total. The van der Waals surface area contributed by atoms with E-state index in [2.05, 4.69) is 35.3 Å². The number of nitrogens with one attached hydrogen (secondary N) is 3. The van der Waals surface area contributed by atoms with Crippen molar-refractivity contribution < 1.29 is 27.8 Å². The Morgan fingerprint density at radius 3 is 2.60 bits per heavy atom. The summed E-state index contributed by atoms with van der Waals surface area (Å²) in [5.41, 5.74) is 2.34. The van der Waals surface area contributed by atoms with Crippen molar-refractivity contribution in [3.63, 3.8) is 0 Å². The van der Waals surface area contributed by atoms with E-state index in [0.29, 0.717) is 30.0 Å². The SMILES string of the molecule is O=C(NCCCN1CCCCC1)c1cc(CNc2ccccc2C(=O)Nc2ccc3c(c2)OC(F)(F)O3)ccn1. The summed E-state index contributed by atoms with van der Waals surface area (Å²) in [5, 5.41) is 8.88. The van der Waals surface area contributed by atoms with Crippen molar-refractivity contribution >= 4 is 23.2 Å². The molecule has 1 fully saturated rings. The summed E-state index contributed by atoms with van der Waals surface area (Å²) in [4.78, 5) is 32.3. The van der Waals surface area contributed by atoms with Gasteiger partial charge < -0.3 is 30.3 Å². The molecule has 0 spiro atoms. The second-order valence-corrected chi connectivity index (χ2v) is 9.74. The Bertz CT molecular complexity index is 1360. The Hall–Kier alpha value is -4.25. The van der Waals surface area contributed by atoms with E-state index in [0.717, 1.165) is 31.6 Å². The molecule has 3 aromatic rings. The van der Waals surface area contributed by atoms with Gasteiger partial charge in [-0.05, 0) is 80.9 Å². The van der Waals surface area contributed by atoms with Gasteiger partial charge in [0.25, 0.3) is 11.8 Å². The van der Waals surface area contributed by atoms with E-state index < -0.39 is 12.2 Å². The predicted octanol–water partition coefficient (Wildman–Crippen LogP) is 4.87. The van der Waals surface area contributed by atoms with Crippen LogP contribution >= 0.6 is 0 Å². The van der Waals surface area contributed by atoms with E-state index >= 15 is 0 Å². The van der Waals surface area contributed by atoms with Crippen LogP contribution in [0.1, 0.15) is 52.1 Å². The van der Waals surface area contributed by atoms with Crippen LogP contribution in [0.5, 0.6) is 11.5 Å². The number of fused-ring (bicyclic) bond motifs is 1. The first-order valence-electron chi connectivity index (χ1n) is 13.4. The Balaban J connectivity index is 1.15. The number of carbonyl (C=O) groups is 2. The molecule has 2 aliphatic heterocycles.